The summed E-state index contributed by atoms with van der Waals surface area (Å²) < 4.78 is 0. The minimum absolute atomic E-state index is 0.0782. The summed E-state index contributed by atoms with van der Waals surface area (Å²) in [4.78, 5) is 22.0. The smallest absolute Gasteiger partial charge is 0.228 e. The normalized spacial score (nSPS) is 13.2. The Hall–Kier alpha value is -1.68. The van der Waals surface area contributed by atoms with Gasteiger partial charge in [0.15, 0.2) is 0 Å². The number of anilines is 1. The van der Waals surface area contributed by atoms with E-state index in [2.05, 4.69) is 22.8 Å². The number of ketones is 1. The molecule has 102 valence electrons. The molecule has 0 atom stereocenters. The maximum atomic E-state index is 11.2. The quantitative estimate of drug-likeness (QED) is 0.733. The fourth-order valence-electron chi connectivity index (χ4n) is 2.26. The van der Waals surface area contributed by atoms with Gasteiger partial charge in [-0.15, -0.1) is 0 Å². The van der Waals surface area contributed by atoms with Crippen molar-refractivity contribution >= 4 is 17.4 Å². The summed E-state index contributed by atoms with van der Waals surface area (Å²) in [5, 5.41) is 6.16. The van der Waals surface area contributed by atoms with Crippen LogP contribution in [0.2, 0.25) is 0 Å². The van der Waals surface area contributed by atoms with Gasteiger partial charge < -0.3 is 15.4 Å². The van der Waals surface area contributed by atoms with Gasteiger partial charge in [-0.2, -0.15) is 0 Å². The van der Waals surface area contributed by atoms with Gasteiger partial charge in [-0.3, -0.25) is 4.79 Å². The maximum Gasteiger partial charge on any atom is 0.228 e. The van der Waals surface area contributed by atoms with Crippen LogP contribution >= 0.6 is 0 Å². The summed E-state index contributed by atoms with van der Waals surface area (Å²) >= 11 is 0. The molecular formula is C15H20N2O2. The summed E-state index contributed by atoms with van der Waals surface area (Å²) in [5.41, 5.74) is 3.29. The van der Waals surface area contributed by atoms with E-state index in [0.29, 0.717) is 12.8 Å². The van der Waals surface area contributed by atoms with E-state index < -0.39 is 0 Å². The third kappa shape index (κ3) is 4.17. The molecular weight excluding hydrogens is 240 g/mol. The zero-order valence-electron chi connectivity index (χ0n) is 11.3. The van der Waals surface area contributed by atoms with E-state index in [9.17, 15) is 9.59 Å². The highest BCUT2D eigenvalue weighted by Gasteiger charge is 2.16. The SMILES string of the molecule is CC(=O)CCCNCCc1ccc2c(c1)CC(=O)N2. The second kappa shape index (κ2) is 6.48. The average molecular weight is 260 g/mol. The molecule has 2 rings (SSSR count). The van der Waals surface area contributed by atoms with Gasteiger partial charge in [0, 0.05) is 12.1 Å². The molecule has 1 aromatic rings. The van der Waals surface area contributed by atoms with Crippen molar-refractivity contribution in [1.82, 2.24) is 5.32 Å². The van der Waals surface area contributed by atoms with Crippen molar-refractivity contribution in [2.75, 3.05) is 18.4 Å². The molecule has 0 saturated heterocycles. The number of benzene rings is 1. The van der Waals surface area contributed by atoms with Gasteiger partial charge in [0.2, 0.25) is 5.91 Å². The van der Waals surface area contributed by atoms with Crippen LogP contribution in [0.3, 0.4) is 0 Å². The molecule has 1 aliphatic heterocycles. The van der Waals surface area contributed by atoms with Crippen LogP contribution in [0.5, 0.6) is 0 Å². The summed E-state index contributed by atoms with van der Waals surface area (Å²) in [5.74, 6) is 0.326. The Balaban J connectivity index is 1.71. The third-order valence-corrected chi connectivity index (χ3v) is 3.27. The van der Waals surface area contributed by atoms with E-state index in [0.717, 1.165) is 37.2 Å². The van der Waals surface area contributed by atoms with E-state index in [1.165, 1.54) is 5.56 Å². The lowest BCUT2D eigenvalue weighted by atomic mass is 10.1. The Morgan fingerprint density at radius 2 is 2.21 bits per heavy atom. The number of Topliss-reactive ketones (excluding diaryl/α,β-unsaturated/α-hetero) is 1. The second-order valence-electron chi connectivity index (χ2n) is 5.02. The molecule has 1 heterocycles. The molecule has 1 aromatic carbocycles. The molecule has 0 fully saturated rings. The fraction of sp³-hybridized carbons (Fsp3) is 0.467. The predicted molar refractivity (Wildman–Crippen MR) is 75.3 cm³/mol. The lowest BCUT2D eigenvalue weighted by molar-refractivity contribution is -0.117. The summed E-state index contributed by atoms with van der Waals surface area (Å²) in [6.45, 7) is 3.41. The first-order valence-electron chi connectivity index (χ1n) is 6.77. The van der Waals surface area contributed by atoms with Gasteiger partial charge in [0.1, 0.15) is 5.78 Å². The number of fused-ring (bicyclic) bond motifs is 1. The lowest BCUT2D eigenvalue weighted by Gasteiger charge is -2.06. The molecule has 4 nitrogen and oxygen atoms in total. The van der Waals surface area contributed by atoms with Gasteiger partial charge in [-0.25, -0.2) is 0 Å². The van der Waals surface area contributed by atoms with Gasteiger partial charge in [-0.05, 0) is 50.0 Å². The monoisotopic (exact) mass is 260 g/mol. The van der Waals surface area contributed by atoms with E-state index in [1.807, 2.05) is 6.07 Å². The highest BCUT2D eigenvalue weighted by Crippen LogP contribution is 2.23. The van der Waals surface area contributed by atoms with Crippen molar-refractivity contribution in [1.29, 1.82) is 0 Å². The molecule has 2 N–H and O–H groups in total. The molecule has 0 unspecified atom stereocenters. The van der Waals surface area contributed by atoms with Crippen LogP contribution in [0, 0.1) is 0 Å². The van der Waals surface area contributed by atoms with Crippen LogP contribution < -0.4 is 10.6 Å². The Bertz CT molecular complexity index is 483. The Kier molecular flexibility index (Phi) is 4.68. The summed E-state index contributed by atoms with van der Waals surface area (Å²) in [6.07, 6.45) is 2.99. The van der Waals surface area contributed by atoms with E-state index >= 15 is 0 Å². The minimum atomic E-state index is 0.0782. The van der Waals surface area contributed by atoms with Crippen LogP contribution in [-0.4, -0.2) is 24.8 Å². The summed E-state index contributed by atoms with van der Waals surface area (Å²) in [7, 11) is 0. The van der Waals surface area contributed by atoms with Crippen molar-refractivity contribution in [2.45, 2.75) is 32.6 Å². The summed E-state index contributed by atoms with van der Waals surface area (Å²) in [6, 6.07) is 6.14. The molecule has 19 heavy (non-hydrogen) atoms. The topological polar surface area (TPSA) is 58.2 Å². The molecule has 0 aromatic heterocycles. The van der Waals surface area contributed by atoms with Crippen LogP contribution in [0.1, 0.15) is 30.9 Å². The molecule has 0 radical (unpaired) electrons. The largest absolute Gasteiger partial charge is 0.326 e. The van der Waals surface area contributed by atoms with Crippen LogP contribution in [0.15, 0.2) is 18.2 Å². The molecule has 0 spiro atoms. The fourth-order valence-corrected chi connectivity index (χ4v) is 2.26. The van der Waals surface area contributed by atoms with Crippen molar-refractivity contribution in [2.24, 2.45) is 0 Å². The first-order valence-corrected chi connectivity index (χ1v) is 6.77. The molecule has 0 saturated carbocycles. The van der Waals surface area contributed by atoms with Gasteiger partial charge >= 0.3 is 0 Å². The van der Waals surface area contributed by atoms with Gasteiger partial charge in [0.05, 0.1) is 6.42 Å². The highest BCUT2D eigenvalue weighted by atomic mass is 16.1. The van der Waals surface area contributed by atoms with Crippen molar-refractivity contribution in [3.63, 3.8) is 0 Å². The van der Waals surface area contributed by atoms with Crippen LogP contribution in [-0.2, 0) is 22.4 Å². The number of hydrogen-bond donors (Lipinski definition) is 2. The number of carbonyl (C=O) groups is 2. The number of amides is 1. The Morgan fingerprint density at radius 1 is 1.37 bits per heavy atom. The first kappa shape index (κ1) is 13.7. The standard InChI is InChI=1S/C15H20N2O2/c1-11(18)3-2-7-16-8-6-12-4-5-14-13(9-12)10-15(19)17-14/h4-5,9,16H,2-3,6-8,10H2,1H3,(H,17,19). The molecule has 1 amide bonds. The van der Waals surface area contributed by atoms with Gasteiger partial charge in [-0.1, -0.05) is 12.1 Å². The van der Waals surface area contributed by atoms with Crippen LogP contribution in [0.25, 0.3) is 0 Å². The maximum absolute atomic E-state index is 11.2. The highest BCUT2D eigenvalue weighted by molar-refractivity contribution is 5.99. The van der Waals surface area contributed by atoms with Crippen molar-refractivity contribution in [3.05, 3.63) is 29.3 Å². The molecule has 0 aliphatic carbocycles. The van der Waals surface area contributed by atoms with Gasteiger partial charge in [0.25, 0.3) is 0 Å². The first-order chi connectivity index (χ1) is 9.15. The molecule has 1 aliphatic rings. The lowest BCUT2D eigenvalue weighted by Crippen LogP contribution is -2.19. The van der Waals surface area contributed by atoms with E-state index in [1.54, 1.807) is 6.92 Å². The van der Waals surface area contributed by atoms with E-state index in [4.69, 9.17) is 0 Å². The Labute approximate surface area is 113 Å². The second-order valence-corrected chi connectivity index (χ2v) is 5.02. The number of rotatable bonds is 7. The van der Waals surface area contributed by atoms with E-state index in [-0.39, 0.29) is 11.7 Å². The van der Waals surface area contributed by atoms with Crippen LogP contribution in [0.4, 0.5) is 5.69 Å². The predicted octanol–water partition coefficient (Wildman–Crippen LogP) is 1.68. The number of hydrogen-bond acceptors (Lipinski definition) is 3. The zero-order valence-corrected chi connectivity index (χ0v) is 11.3. The van der Waals surface area contributed by atoms with Crippen molar-refractivity contribution in [3.8, 4) is 0 Å². The molecule has 4 heteroatoms. The van der Waals surface area contributed by atoms with Crippen molar-refractivity contribution < 1.29 is 9.59 Å². The Morgan fingerprint density at radius 3 is 3.00 bits per heavy atom. The number of nitrogens with one attached hydrogen (secondary N) is 2. The molecule has 0 bridgehead atoms. The number of carbonyl (C=O) groups excluding carboxylic acids is 2. The zero-order chi connectivity index (χ0) is 13.7. The third-order valence-electron chi connectivity index (χ3n) is 3.27. The minimum Gasteiger partial charge on any atom is -0.326 e. The average Bonchev–Trinajstić information content (AvgIpc) is 2.72.